The number of hydrogen-bond donors (Lipinski definition) is 2. The van der Waals surface area contributed by atoms with Crippen molar-refractivity contribution in [3.63, 3.8) is 0 Å². The quantitative estimate of drug-likeness (QED) is 0.861. The normalized spacial score (nSPS) is 41.9. The smallest absolute Gasteiger partial charge is 0.127 e. The first-order valence-electron chi connectivity index (χ1n) is 7.66. The zero-order valence-electron chi connectivity index (χ0n) is 11.9. The average molecular weight is 274 g/mol. The number of ether oxygens (including phenoxy) is 1. The second kappa shape index (κ2) is 3.84. The third-order valence-electron chi connectivity index (χ3n) is 5.51. The van der Waals surface area contributed by atoms with Crippen LogP contribution in [0.5, 0.6) is 17.2 Å². The second-order valence-corrected chi connectivity index (χ2v) is 7.74. The van der Waals surface area contributed by atoms with Crippen LogP contribution in [0.4, 0.5) is 0 Å². The molecule has 0 amide bonds. The number of phenols is 2. The van der Waals surface area contributed by atoms with Crippen LogP contribution >= 0.6 is 0 Å². The summed E-state index contributed by atoms with van der Waals surface area (Å²) in [7, 11) is 0. The molecule has 0 aromatic heterocycles. The highest BCUT2D eigenvalue weighted by Gasteiger charge is 2.57. The van der Waals surface area contributed by atoms with Gasteiger partial charge in [0.15, 0.2) is 0 Å². The van der Waals surface area contributed by atoms with Crippen molar-refractivity contribution in [1.82, 2.24) is 0 Å². The van der Waals surface area contributed by atoms with Crippen molar-refractivity contribution in [3.8, 4) is 17.2 Å². The van der Waals surface area contributed by atoms with E-state index < -0.39 is 0 Å². The van der Waals surface area contributed by atoms with Crippen LogP contribution in [0.1, 0.15) is 45.4 Å². The zero-order chi connectivity index (χ0) is 14.0. The highest BCUT2D eigenvalue weighted by molar-refractivity contribution is 5.40. The maximum Gasteiger partial charge on any atom is 0.127 e. The molecular formula is C17H22O3. The van der Waals surface area contributed by atoms with Gasteiger partial charge in [-0.2, -0.15) is 0 Å². The molecular weight excluding hydrogens is 252 g/mol. The molecule has 4 saturated carbocycles. The molecule has 4 fully saturated rings. The van der Waals surface area contributed by atoms with Gasteiger partial charge in [0, 0.05) is 18.2 Å². The Morgan fingerprint density at radius 2 is 1.60 bits per heavy atom. The third-order valence-corrected chi connectivity index (χ3v) is 5.51. The van der Waals surface area contributed by atoms with Gasteiger partial charge in [-0.3, -0.25) is 0 Å². The van der Waals surface area contributed by atoms with E-state index in [0.717, 1.165) is 31.1 Å². The summed E-state index contributed by atoms with van der Waals surface area (Å²) in [5, 5.41) is 19.2. The highest BCUT2D eigenvalue weighted by Crippen LogP contribution is 2.62. The van der Waals surface area contributed by atoms with Gasteiger partial charge in [-0.25, -0.2) is 0 Å². The molecule has 4 aliphatic rings. The molecule has 5 rings (SSSR count). The summed E-state index contributed by atoms with van der Waals surface area (Å²) in [5.41, 5.74) is 0.363. The Balaban J connectivity index is 1.64. The predicted molar refractivity (Wildman–Crippen MR) is 75.9 cm³/mol. The minimum absolute atomic E-state index is 0.0657. The maximum absolute atomic E-state index is 9.62. The Labute approximate surface area is 119 Å². The molecule has 2 N–H and O–H groups in total. The molecule has 108 valence electrons. The lowest BCUT2D eigenvalue weighted by molar-refractivity contribution is -0.143. The van der Waals surface area contributed by atoms with Crippen LogP contribution in [0.25, 0.3) is 0 Å². The molecule has 2 atom stereocenters. The Hall–Kier alpha value is -1.38. The second-order valence-electron chi connectivity index (χ2n) is 7.74. The Bertz CT molecular complexity index is 517. The van der Waals surface area contributed by atoms with E-state index in [2.05, 4.69) is 6.92 Å². The van der Waals surface area contributed by atoms with E-state index in [1.165, 1.54) is 25.3 Å². The summed E-state index contributed by atoms with van der Waals surface area (Å²) >= 11 is 0. The van der Waals surface area contributed by atoms with Gasteiger partial charge in [0.2, 0.25) is 0 Å². The molecule has 3 nitrogen and oxygen atoms in total. The molecule has 0 spiro atoms. The molecule has 1 aromatic carbocycles. The van der Waals surface area contributed by atoms with Crippen molar-refractivity contribution in [3.05, 3.63) is 18.2 Å². The fourth-order valence-corrected chi connectivity index (χ4v) is 5.62. The summed E-state index contributed by atoms with van der Waals surface area (Å²) in [5.74, 6) is 2.33. The SMILES string of the molecule is CC12CC3CC(C1)CC(Oc1cc(O)cc(O)c1)(C3)C2. The van der Waals surface area contributed by atoms with Crippen LogP contribution in [0, 0.1) is 17.3 Å². The summed E-state index contributed by atoms with van der Waals surface area (Å²) in [6, 6.07) is 4.56. The minimum Gasteiger partial charge on any atom is -0.508 e. The van der Waals surface area contributed by atoms with Crippen LogP contribution < -0.4 is 4.74 Å². The Kier molecular flexibility index (Phi) is 2.37. The lowest BCUT2D eigenvalue weighted by atomic mass is 9.48. The molecule has 20 heavy (non-hydrogen) atoms. The Morgan fingerprint density at radius 1 is 1.00 bits per heavy atom. The Morgan fingerprint density at radius 3 is 2.15 bits per heavy atom. The maximum atomic E-state index is 9.62. The lowest BCUT2D eigenvalue weighted by Crippen LogP contribution is -2.57. The standard InChI is InChI=1S/C17H22O3/c1-16-6-11-2-12(7-16)9-17(8-11,10-16)20-15-4-13(18)3-14(19)5-15/h3-5,11-12,18-19H,2,6-10H2,1H3. The van der Waals surface area contributed by atoms with Crippen molar-refractivity contribution >= 4 is 0 Å². The summed E-state index contributed by atoms with van der Waals surface area (Å²) in [4.78, 5) is 0. The number of benzene rings is 1. The van der Waals surface area contributed by atoms with E-state index in [0.29, 0.717) is 11.2 Å². The molecule has 0 saturated heterocycles. The summed E-state index contributed by atoms with van der Waals surface area (Å²) in [6.45, 7) is 2.41. The van der Waals surface area contributed by atoms with Gasteiger partial charge in [-0.15, -0.1) is 0 Å². The van der Waals surface area contributed by atoms with Crippen molar-refractivity contribution in [2.24, 2.45) is 17.3 Å². The van der Waals surface area contributed by atoms with Crippen molar-refractivity contribution in [1.29, 1.82) is 0 Å². The van der Waals surface area contributed by atoms with Gasteiger partial charge < -0.3 is 14.9 Å². The minimum atomic E-state index is -0.0704. The third kappa shape index (κ3) is 1.95. The zero-order valence-corrected chi connectivity index (χ0v) is 11.9. The van der Waals surface area contributed by atoms with E-state index in [-0.39, 0.29) is 17.1 Å². The van der Waals surface area contributed by atoms with Gasteiger partial charge in [-0.1, -0.05) is 6.92 Å². The fourth-order valence-electron chi connectivity index (χ4n) is 5.62. The van der Waals surface area contributed by atoms with Crippen LogP contribution in [-0.2, 0) is 0 Å². The first-order valence-corrected chi connectivity index (χ1v) is 7.66. The number of hydrogen-bond acceptors (Lipinski definition) is 3. The van der Waals surface area contributed by atoms with Gasteiger partial charge >= 0.3 is 0 Å². The molecule has 2 unspecified atom stereocenters. The summed E-state index contributed by atoms with van der Waals surface area (Å²) in [6.07, 6.45) is 7.44. The highest BCUT2D eigenvalue weighted by atomic mass is 16.5. The molecule has 3 heteroatoms. The lowest BCUT2D eigenvalue weighted by Gasteiger charge is -2.60. The number of phenolic OH excluding ortho intramolecular Hbond substituents is 2. The van der Waals surface area contributed by atoms with E-state index in [1.807, 2.05) is 0 Å². The molecule has 0 heterocycles. The largest absolute Gasteiger partial charge is 0.508 e. The van der Waals surface area contributed by atoms with E-state index in [4.69, 9.17) is 4.74 Å². The first-order chi connectivity index (χ1) is 9.44. The number of aromatic hydroxyl groups is 2. The topological polar surface area (TPSA) is 49.7 Å². The molecule has 1 aromatic rings. The number of rotatable bonds is 2. The van der Waals surface area contributed by atoms with Gasteiger partial charge in [0.05, 0.1) is 0 Å². The van der Waals surface area contributed by atoms with Crippen LogP contribution in [0.2, 0.25) is 0 Å². The van der Waals surface area contributed by atoms with Crippen molar-refractivity contribution in [2.75, 3.05) is 0 Å². The van der Waals surface area contributed by atoms with E-state index in [1.54, 1.807) is 12.1 Å². The van der Waals surface area contributed by atoms with E-state index >= 15 is 0 Å². The molecule has 4 bridgehead atoms. The fraction of sp³-hybridized carbons (Fsp3) is 0.647. The van der Waals surface area contributed by atoms with Crippen molar-refractivity contribution < 1.29 is 14.9 Å². The van der Waals surface area contributed by atoms with Crippen molar-refractivity contribution in [2.45, 2.75) is 51.0 Å². The predicted octanol–water partition coefficient (Wildman–Crippen LogP) is 3.84. The van der Waals surface area contributed by atoms with Crippen LogP contribution in [-0.4, -0.2) is 15.8 Å². The average Bonchev–Trinajstić information content (AvgIpc) is 2.21. The molecule has 4 aliphatic carbocycles. The van der Waals surface area contributed by atoms with Gasteiger partial charge in [0.25, 0.3) is 0 Å². The van der Waals surface area contributed by atoms with Gasteiger partial charge in [0.1, 0.15) is 22.8 Å². The first kappa shape index (κ1) is 12.4. The van der Waals surface area contributed by atoms with Gasteiger partial charge in [-0.05, 0) is 55.8 Å². The van der Waals surface area contributed by atoms with Crippen LogP contribution in [0.15, 0.2) is 18.2 Å². The molecule has 0 aliphatic heterocycles. The molecule has 0 radical (unpaired) electrons. The monoisotopic (exact) mass is 274 g/mol. The van der Waals surface area contributed by atoms with E-state index in [9.17, 15) is 10.2 Å². The van der Waals surface area contributed by atoms with Crippen LogP contribution in [0.3, 0.4) is 0 Å². The summed E-state index contributed by atoms with van der Waals surface area (Å²) < 4.78 is 6.32.